The predicted molar refractivity (Wildman–Crippen MR) is 87.8 cm³/mol. The number of hydrogen-bond donors (Lipinski definition) is 4. The molecule has 0 unspecified atom stereocenters. The van der Waals surface area contributed by atoms with E-state index in [4.69, 9.17) is 0 Å². The molecular formula is C17H21N3O4. The van der Waals surface area contributed by atoms with Crippen LogP contribution in [0, 0.1) is 5.92 Å². The Labute approximate surface area is 139 Å². The number of carboxylic acid groups (broad SMARTS) is 1. The van der Waals surface area contributed by atoms with E-state index in [1.165, 1.54) is 0 Å². The molecule has 3 amide bonds. The van der Waals surface area contributed by atoms with Gasteiger partial charge in [0.05, 0.1) is 5.92 Å². The summed E-state index contributed by atoms with van der Waals surface area (Å²) in [6.45, 7) is 0. The van der Waals surface area contributed by atoms with Crippen molar-refractivity contribution in [3.05, 3.63) is 29.8 Å². The zero-order chi connectivity index (χ0) is 17.1. The van der Waals surface area contributed by atoms with Gasteiger partial charge in [0.25, 0.3) is 5.91 Å². The van der Waals surface area contributed by atoms with Gasteiger partial charge in [0, 0.05) is 23.3 Å². The lowest BCUT2D eigenvalue weighted by Crippen LogP contribution is -2.40. The van der Waals surface area contributed by atoms with E-state index in [2.05, 4.69) is 16.0 Å². The number of nitrogens with one attached hydrogen (secondary N) is 3. The summed E-state index contributed by atoms with van der Waals surface area (Å²) >= 11 is 0. The van der Waals surface area contributed by atoms with Gasteiger partial charge in [-0.2, -0.15) is 0 Å². The molecule has 0 aliphatic heterocycles. The Balaban J connectivity index is 1.61. The van der Waals surface area contributed by atoms with Crippen LogP contribution in [0.2, 0.25) is 0 Å². The van der Waals surface area contributed by atoms with Gasteiger partial charge in [-0.05, 0) is 43.9 Å². The number of rotatable bonds is 5. The van der Waals surface area contributed by atoms with Crippen LogP contribution in [0.25, 0.3) is 0 Å². The van der Waals surface area contributed by atoms with Crippen molar-refractivity contribution >= 4 is 23.6 Å². The number of carbonyl (C=O) groups excluding carboxylic acids is 2. The van der Waals surface area contributed by atoms with Crippen LogP contribution < -0.4 is 16.0 Å². The molecule has 2 aliphatic carbocycles. The van der Waals surface area contributed by atoms with Gasteiger partial charge in [-0.15, -0.1) is 0 Å². The number of aliphatic carboxylic acids is 1. The predicted octanol–water partition coefficient (Wildman–Crippen LogP) is 1.95. The molecule has 0 spiro atoms. The van der Waals surface area contributed by atoms with Gasteiger partial charge in [-0.1, -0.05) is 12.5 Å². The Kier molecular flexibility index (Phi) is 4.69. The molecule has 2 atom stereocenters. The SMILES string of the molecule is O=C(Nc1cccc(C(=O)N[C@H]2CCC[C@H]2C(=O)O)c1)NC1CC1. The molecule has 0 saturated heterocycles. The molecule has 2 saturated carbocycles. The van der Waals surface area contributed by atoms with Crippen LogP contribution in [0.4, 0.5) is 10.5 Å². The van der Waals surface area contributed by atoms with E-state index in [0.717, 1.165) is 19.3 Å². The topological polar surface area (TPSA) is 108 Å². The molecule has 0 aromatic heterocycles. The maximum absolute atomic E-state index is 12.4. The highest BCUT2D eigenvalue weighted by molar-refractivity contribution is 5.97. The Morgan fingerprint density at radius 2 is 1.83 bits per heavy atom. The first-order valence-electron chi connectivity index (χ1n) is 8.24. The van der Waals surface area contributed by atoms with Gasteiger partial charge < -0.3 is 21.1 Å². The molecule has 0 bridgehead atoms. The van der Waals surface area contributed by atoms with Crippen molar-refractivity contribution in [3.63, 3.8) is 0 Å². The average Bonchev–Trinajstić information content (AvgIpc) is 3.22. The van der Waals surface area contributed by atoms with Crippen molar-refractivity contribution in [1.29, 1.82) is 0 Å². The Bertz CT molecular complexity index is 657. The number of carboxylic acids is 1. The smallest absolute Gasteiger partial charge is 0.319 e. The largest absolute Gasteiger partial charge is 0.481 e. The third-order valence-corrected chi connectivity index (χ3v) is 4.44. The van der Waals surface area contributed by atoms with E-state index >= 15 is 0 Å². The molecule has 0 radical (unpaired) electrons. The maximum atomic E-state index is 12.4. The second kappa shape index (κ2) is 6.90. The van der Waals surface area contributed by atoms with Crippen LogP contribution in [0.1, 0.15) is 42.5 Å². The molecule has 4 N–H and O–H groups in total. The molecule has 1 aromatic rings. The van der Waals surface area contributed by atoms with E-state index in [1.807, 2.05) is 0 Å². The summed E-state index contributed by atoms with van der Waals surface area (Å²) in [4.78, 5) is 35.3. The summed E-state index contributed by atoms with van der Waals surface area (Å²) in [5.74, 6) is -1.72. The van der Waals surface area contributed by atoms with Crippen molar-refractivity contribution in [2.45, 2.75) is 44.2 Å². The highest BCUT2D eigenvalue weighted by atomic mass is 16.4. The Morgan fingerprint density at radius 3 is 2.54 bits per heavy atom. The fraction of sp³-hybridized carbons (Fsp3) is 0.471. The molecule has 0 heterocycles. The van der Waals surface area contributed by atoms with Crippen molar-refractivity contribution in [2.75, 3.05) is 5.32 Å². The molecule has 1 aromatic carbocycles. The van der Waals surface area contributed by atoms with Crippen LogP contribution in [0.3, 0.4) is 0 Å². The minimum atomic E-state index is -0.870. The first-order valence-corrected chi connectivity index (χ1v) is 8.24. The molecule has 128 valence electrons. The molecule has 7 heteroatoms. The summed E-state index contributed by atoms with van der Waals surface area (Å²) in [6.07, 6.45) is 4.06. The van der Waals surface area contributed by atoms with Crippen molar-refractivity contribution in [3.8, 4) is 0 Å². The van der Waals surface area contributed by atoms with Gasteiger partial charge >= 0.3 is 12.0 Å². The maximum Gasteiger partial charge on any atom is 0.319 e. The van der Waals surface area contributed by atoms with Crippen LogP contribution in [-0.2, 0) is 4.79 Å². The van der Waals surface area contributed by atoms with Gasteiger partial charge in [-0.3, -0.25) is 9.59 Å². The first kappa shape index (κ1) is 16.3. The Morgan fingerprint density at radius 1 is 1.04 bits per heavy atom. The van der Waals surface area contributed by atoms with Crippen molar-refractivity contribution < 1.29 is 19.5 Å². The van der Waals surface area contributed by atoms with Crippen LogP contribution >= 0.6 is 0 Å². The highest BCUT2D eigenvalue weighted by Gasteiger charge is 2.34. The van der Waals surface area contributed by atoms with E-state index in [9.17, 15) is 19.5 Å². The molecule has 2 fully saturated rings. The molecule has 24 heavy (non-hydrogen) atoms. The van der Waals surface area contributed by atoms with Gasteiger partial charge in [0.1, 0.15) is 0 Å². The van der Waals surface area contributed by atoms with Gasteiger partial charge in [0.2, 0.25) is 0 Å². The fourth-order valence-electron chi connectivity index (χ4n) is 3.00. The summed E-state index contributed by atoms with van der Waals surface area (Å²) in [7, 11) is 0. The summed E-state index contributed by atoms with van der Waals surface area (Å²) in [5, 5.41) is 17.5. The quantitative estimate of drug-likeness (QED) is 0.661. The van der Waals surface area contributed by atoms with Crippen LogP contribution in [0.5, 0.6) is 0 Å². The Hall–Kier alpha value is -2.57. The minimum Gasteiger partial charge on any atom is -0.481 e. The average molecular weight is 331 g/mol. The minimum absolute atomic E-state index is 0.256. The second-order valence-corrected chi connectivity index (χ2v) is 6.41. The van der Waals surface area contributed by atoms with Crippen LogP contribution in [0.15, 0.2) is 24.3 Å². The lowest BCUT2D eigenvalue weighted by atomic mass is 10.0. The zero-order valence-corrected chi connectivity index (χ0v) is 13.2. The van der Waals surface area contributed by atoms with E-state index in [1.54, 1.807) is 24.3 Å². The lowest BCUT2D eigenvalue weighted by molar-refractivity contribution is -0.142. The van der Waals surface area contributed by atoms with Crippen LogP contribution in [-0.4, -0.2) is 35.1 Å². The normalized spacial score (nSPS) is 22.7. The number of benzene rings is 1. The monoisotopic (exact) mass is 331 g/mol. The summed E-state index contributed by atoms with van der Waals surface area (Å²) in [5.41, 5.74) is 0.928. The van der Waals surface area contributed by atoms with E-state index in [-0.39, 0.29) is 24.0 Å². The number of amides is 3. The number of urea groups is 1. The molecule has 7 nitrogen and oxygen atoms in total. The lowest BCUT2D eigenvalue weighted by Gasteiger charge is -2.17. The molecular weight excluding hydrogens is 310 g/mol. The second-order valence-electron chi connectivity index (χ2n) is 6.41. The number of anilines is 1. The number of hydrogen-bond acceptors (Lipinski definition) is 3. The van der Waals surface area contributed by atoms with Crippen molar-refractivity contribution in [1.82, 2.24) is 10.6 Å². The highest BCUT2D eigenvalue weighted by Crippen LogP contribution is 2.26. The van der Waals surface area contributed by atoms with Crippen molar-refractivity contribution in [2.24, 2.45) is 5.92 Å². The van der Waals surface area contributed by atoms with E-state index in [0.29, 0.717) is 24.1 Å². The molecule has 3 rings (SSSR count). The third kappa shape index (κ3) is 4.04. The fourth-order valence-corrected chi connectivity index (χ4v) is 3.00. The summed E-state index contributed by atoms with van der Waals surface area (Å²) in [6, 6.07) is 6.26. The third-order valence-electron chi connectivity index (χ3n) is 4.44. The first-order chi connectivity index (χ1) is 11.5. The standard InChI is InChI=1S/C17H21N3O4/c21-15(20-14-6-2-5-13(14)16(22)23)10-3-1-4-12(9-10)19-17(24)18-11-7-8-11/h1,3-4,9,11,13-14H,2,5-8H2,(H,20,21)(H,22,23)(H2,18,19,24)/t13-,14+/m1/s1. The van der Waals surface area contributed by atoms with E-state index < -0.39 is 11.9 Å². The molecule has 2 aliphatic rings. The summed E-state index contributed by atoms with van der Waals surface area (Å²) < 4.78 is 0. The van der Waals surface area contributed by atoms with Gasteiger partial charge in [0.15, 0.2) is 0 Å². The van der Waals surface area contributed by atoms with Gasteiger partial charge in [-0.25, -0.2) is 4.79 Å². The zero-order valence-electron chi connectivity index (χ0n) is 13.2. The number of carbonyl (C=O) groups is 3.